The van der Waals surface area contributed by atoms with Crippen LogP contribution in [0.4, 0.5) is 11.4 Å². The number of nitrogens with one attached hydrogen (secondary N) is 1. The lowest BCUT2D eigenvalue weighted by atomic mass is 10.1. The maximum Gasteiger partial charge on any atom is 0.240 e. The predicted molar refractivity (Wildman–Crippen MR) is 59.4 cm³/mol. The Morgan fingerprint density at radius 1 is 1.43 bits per heavy atom. The quantitative estimate of drug-likeness (QED) is 0.642. The van der Waals surface area contributed by atoms with Gasteiger partial charge in [-0.25, -0.2) is 0 Å². The van der Waals surface area contributed by atoms with Crippen LogP contribution in [0.25, 0.3) is 0 Å². The smallest absolute Gasteiger partial charge is 0.240 e. The Morgan fingerprint density at radius 2 is 2.14 bits per heavy atom. The van der Waals surface area contributed by atoms with Crippen LogP contribution in [-0.2, 0) is 4.79 Å². The first-order valence-electron chi connectivity index (χ1n) is 4.40. The highest BCUT2D eigenvalue weighted by molar-refractivity contribution is 8.01. The van der Waals surface area contributed by atoms with E-state index in [0.29, 0.717) is 5.69 Å². The molecule has 0 unspecified atom stereocenters. The summed E-state index contributed by atoms with van der Waals surface area (Å²) in [4.78, 5) is 12.7. The lowest BCUT2D eigenvalue weighted by Gasteiger charge is -2.30. The van der Waals surface area contributed by atoms with E-state index in [9.17, 15) is 4.79 Å². The van der Waals surface area contributed by atoms with Crippen molar-refractivity contribution in [2.45, 2.75) is 23.5 Å². The summed E-state index contributed by atoms with van der Waals surface area (Å²) < 4.78 is -0.416. The number of thioether (sulfide) groups is 1. The molecule has 4 heteroatoms. The van der Waals surface area contributed by atoms with E-state index in [0.717, 1.165) is 10.6 Å². The van der Waals surface area contributed by atoms with Crippen LogP contribution >= 0.6 is 11.8 Å². The van der Waals surface area contributed by atoms with Crippen LogP contribution in [0.3, 0.4) is 0 Å². The SMILES string of the molecule is CC1(C)Sc2cccc(N)c2NC1=O. The molecule has 14 heavy (non-hydrogen) atoms. The van der Waals surface area contributed by atoms with Gasteiger partial charge in [-0.15, -0.1) is 11.8 Å². The van der Waals surface area contributed by atoms with Gasteiger partial charge in [0.25, 0.3) is 0 Å². The molecule has 0 bridgehead atoms. The van der Waals surface area contributed by atoms with Gasteiger partial charge >= 0.3 is 0 Å². The second kappa shape index (κ2) is 2.92. The third-order valence-corrected chi connectivity index (χ3v) is 3.46. The molecule has 3 nitrogen and oxygen atoms in total. The van der Waals surface area contributed by atoms with Crippen molar-refractivity contribution in [3.8, 4) is 0 Å². The first-order chi connectivity index (χ1) is 6.50. The van der Waals surface area contributed by atoms with Gasteiger partial charge in [-0.3, -0.25) is 4.79 Å². The van der Waals surface area contributed by atoms with Crippen molar-refractivity contribution in [2.75, 3.05) is 11.1 Å². The maximum absolute atomic E-state index is 11.6. The Hall–Kier alpha value is -1.16. The molecule has 1 aromatic carbocycles. The Balaban J connectivity index is 2.51. The second-order valence-electron chi connectivity index (χ2n) is 3.79. The normalized spacial score (nSPS) is 18.6. The molecule has 1 amide bonds. The van der Waals surface area contributed by atoms with Gasteiger partial charge in [0.2, 0.25) is 5.91 Å². The van der Waals surface area contributed by atoms with E-state index in [-0.39, 0.29) is 5.91 Å². The van der Waals surface area contributed by atoms with E-state index in [1.807, 2.05) is 26.0 Å². The number of hydrogen-bond donors (Lipinski definition) is 2. The van der Waals surface area contributed by atoms with Crippen LogP contribution < -0.4 is 11.1 Å². The summed E-state index contributed by atoms with van der Waals surface area (Å²) in [5, 5.41) is 2.83. The van der Waals surface area contributed by atoms with Crippen molar-refractivity contribution in [2.24, 2.45) is 0 Å². The van der Waals surface area contributed by atoms with E-state index < -0.39 is 4.75 Å². The fourth-order valence-electron chi connectivity index (χ4n) is 1.35. The Labute approximate surface area is 87.1 Å². The minimum atomic E-state index is -0.416. The van der Waals surface area contributed by atoms with Crippen LogP contribution in [0.1, 0.15) is 13.8 Å². The number of nitrogens with two attached hydrogens (primary N) is 1. The van der Waals surface area contributed by atoms with Gasteiger partial charge in [0, 0.05) is 4.90 Å². The van der Waals surface area contributed by atoms with Gasteiger partial charge in [0.15, 0.2) is 0 Å². The number of anilines is 2. The number of rotatable bonds is 0. The van der Waals surface area contributed by atoms with Gasteiger partial charge in [0.1, 0.15) is 0 Å². The number of amides is 1. The Kier molecular flexibility index (Phi) is 1.96. The fraction of sp³-hybridized carbons (Fsp3) is 0.300. The summed E-state index contributed by atoms with van der Waals surface area (Å²) >= 11 is 1.54. The van der Waals surface area contributed by atoms with E-state index in [4.69, 9.17) is 5.73 Å². The molecule has 2 rings (SSSR count). The van der Waals surface area contributed by atoms with E-state index in [1.165, 1.54) is 0 Å². The zero-order valence-corrected chi connectivity index (χ0v) is 8.94. The first kappa shape index (κ1) is 9.40. The molecule has 1 aliphatic rings. The van der Waals surface area contributed by atoms with Crippen molar-refractivity contribution >= 4 is 29.0 Å². The van der Waals surface area contributed by atoms with E-state index >= 15 is 0 Å². The average molecular weight is 208 g/mol. The summed E-state index contributed by atoms with van der Waals surface area (Å²) in [7, 11) is 0. The maximum atomic E-state index is 11.6. The Bertz CT molecular complexity index is 401. The molecule has 1 aliphatic heterocycles. The number of carbonyl (C=O) groups excluding carboxylic acids is 1. The molecule has 0 fully saturated rings. The van der Waals surface area contributed by atoms with E-state index in [2.05, 4.69) is 5.32 Å². The van der Waals surface area contributed by atoms with Gasteiger partial charge < -0.3 is 11.1 Å². The van der Waals surface area contributed by atoms with Crippen molar-refractivity contribution in [1.29, 1.82) is 0 Å². The number of para-hydroxylation sites is 1. The molecule has 74 valence electrons. The van der Waals surface area contributed by atoms with E-state index in [1.54, 1.807) is 17.8 Å². The standard InChI is InChI=1S/C10H12N2OS/c1-10(2)9(13)12-8-6(11)4-3-5-7(8)14-10/h3-5H,11H2,1-2H3,(H,12,13). The zero-order valence-electron chi connectivity index (χ0n) is 8.13. The molecule has 1 heterocycles. The van der Waals surface area contributed by atoms with Crippen LogP contribution in [-0.4, -0.2) is 10.7 Å². The van der Waals surface area contributed by atoms with Gasteiger partial charge in [-0.05, 0) is 26.0 Å². The molecule has 3 N–H and O–H groups in total. The molecular weight excluding hydrogens is 196 g/mol. The molecule has 0 saturated heterocycles. The first-order valence-corrected chi connectivity index (χ1v) is 5.21. The van der Waals surface area contributed by atoms with Gasteiger partial charge in [-0.1, -0.05) is 6.07 Å². The van der Waals surface area contributed by atoms with Crippen molar-refractivity contribution in [1.82, 2.24) is 0 Å². The Morgan fingerprint density at radius 3 is 2.86 bits per heavy atom. The molecule has 0 atom stereocenters. The number of nitrogen functional groups attached to an aromatic ring is 1. The monoisotopic (exact) mass is 208 g/mol. The minimum absolute atomic E-state index is 0.00731. The number of carbonyl (C=O) groups is 1. The van der Waals surface area contributed by atoms with Crippen LogP contribution in [0, 0.1) is 0 Å². The third-order valence-electron chi connectivity index (χ3n) is 2.21. The molecular formula is C10H12N2OS. The van der Waals surface area contributed by atoms with Crippen LogP contribution in [0.5, 0.6) is 0 Å². The number of hydrogen-bond acceptors (Lipinski definition) is 3. The summed E-state index contributed by atoms with van der Waals surface area (Å²) in [6, 6.07) is 5.66. The van der Waals surface area contributed by atoms with Gasteiger partial charge in [0.05, 0.1) is 16.1 Å². The van der Waals surface area contributed by atoms with Crippen LogP contribution in [0.2, 0.25) is 0 Å². The summed E-state index contributed by atoms with van der Waals surface area (Å²) in [6.45, 7) is 3.80. The topological polar surface area (TPSA) is 55.1 Å². The largest absolute Gasteiger partial charge is 0.397 e. The predicted octanol–water partition coefficient (Wildman–Crippen LogP) is 2.09. The average Bonchev–Trinajstić information content (AvgIpc) is 2.08. The lowest BCUT2D eigenvalue weighted by Crippen LogP contribution is -2.37. The molecule has 0 saturated carbocycles. The molecule has 0 spiro atoms. The highest BCUT2D eigenvalue weighted by Crippen LogP contribution is 2.44. The van der Waals surface area contributed by atoms with Crippen molar-refractivity contribution in [3.63, 3.8) is 0 Å². The third kappa shape index (κ3) is 1.35. The highest BCUT2D eigenvalue weighted by Gasteiger charge is 2.34. The highest BCUT2D eigenvalue weighted by atomic mass is 32.2. The summed E-state index contributed by atoms with van der Waals surface area (Å²) in [5.41, 5.74) is 7.14. The summed E-state index contributed by atoms with van der Waals surface area (Å²) in [5.74, 6) is 0.00731. The molecule has 0 aromatic heterocycles. The van der Waals surface area contributed by atoms with Crippen molar-refractivity contribution in [3.05, 3.63) is 18.2 Å². The molecule has 0 radical (unpaired) electrons. The van der Waals surface area contributed by atoms with Crippen molar-refractivity contribution < 1.29 is 4.79 Å². The van der Waals surface area contributed by atoms with Crippen LogP contribution in [0.15, 0.2) is 23.1 Å². The number of benzene rings is 1. The lowest BCUT2D eigenvalue weighted by molar-refractivity contribution is -0.117. The second-order valence-corrected chi connectivity index (χ2v) is 5.45. The zero-order chi connectivity index (χ0) is 10.3. The fourth-order valence-corrected chi connectivity index (χ4v) is 2.46. The summed E-state index contributed by atoms with van der Waals surface area (Å²) in [6.07, 6.45) is 0. The molecule has 0 aliphatic carbocycles. The van der Waals surface area contributed by atoms with Gasteiger partial charge in [-0.2, -0.15) is 0 Å². The molecule has 1 aromatic rings. The minimum Gasteiger partial charge on any atom is -0.397 e. The number of fused-ring (bicyclic) bond motifs is 1.